The predicted molar refractivity (Wildman–Crippen MR) is 94.1 cm³/mol. The first-order valence-electron chi connectivity index (χ1n) is 8.18. The molecule has 3 rings (SSSR count). The van der Waals surface area contributed by atoms with Gasteiger partial charge in [-0.25, -0.2) is 4.98 Å². The first-order valence-corrected chi connectivity index (χ1v) is 8.56. The van der Waals surface area contributed by atoms with Crippen LogP contribution in [0.5, 0.6) is 0 Å². The standard InChI is InChI=1S/C17H22ClN5O/c1-12(17(24)21-16-4-3-15(18)10-19-16)23-7-5-13(6-8-23)14-9-20-22(2)11-14/h3-4,9-13H,5-8H2,1-2H3,(H,19,21,24)/t12-/m0/s1. The van der Waals surface area contributed by atoms with Crippen molar-refractivity contribution in [2.24, 2.45) is 7.05 Å². The van der Waals surface area contributed by atoms with Crippen molar-refractivity contribution in [3.63, 3.8) is 0 Å². The summed E-state index contributed by atoms with van der Waals surface area (Å²) in [4.78, 5) is 18.7. The molecule has 0 unspecified atom stereocenters. The van der Waals surface area contributed by atoms with Crippen LogP contribution >= 0.6 is 11.6 Å². The molecule has 2 aromatic heterocycles. The van der Waals surface area contributed by atoms with Crippen molar-refractivity contribution in [3.8, 4) is 0 Å². The number of pyridine rings is 1. The van der Waals surface area contributed by atoms with Crippen LogP contribution in [0, 0.1) is 0 Å². The SMILES string of the molecule is C[C@@H](C(=O)Nc1ccc(Cl)cn1)N1CCC(c2cnn(C)c2)CC1. The van der Waals surface area contributed by atoms with Crippen molar-refractivity contribution in [2.75, 3.05) is 18.4 Å². The molecule has 0 bridgehead atoms. The summed E-state index contributed by atoms with van der Waals surface area (Å²) in [6.07, 6.45) is 7.65. The maximum Gasteiger partial charge on any atom is 0.242 e. The minimum absolute atomic E-state index is 0.0374. The first-order chi connectivity index (χ1) is 11.5. The maximum atomic E-state index is 12.4. The number of rotatable bonds is 4. The van der Waals surface area contributed by atoms with Crippen molar-refractivity contribution < 1.29 is 4.79 Å². The Hall–Kier alpha value is -1.92. The lowest BCUT2D eigenvalue weighted by Gasteiger charge is -2.35. The van der Waals surface area contributed by atoms with Crippen molar-refractivity contribution in [1.29, 1.82) is 0 Å². The zero-order chi connectivity index (χ0) is 17.1. The van der Waals surface area contributed by atoms with Gasteiger partial charge in [-0.05, 0) is 56.5 Å². The number of nitrogens with zero attached hydrogens (tertiary/aromatic N) is 4. The van der Waals surface area contributed by atoms with Gasteiger partial charge in [0.15, 0.2) is 0 Å². The summed E-state index contributed by atoms with van der Waals surface area (Å²) in [5, 5.41) is 7.65. The molecule has 1 amide bonds. The molecule has 7 heteroatoms. The van der Waals surface area contributed by atoms with Crippen LogP contribution in [0.3, 0.4) is 0 Å². The van der Waals surface area contributed by atoms with Crippen LogP contribution in [0.4, 0.5) is 5.82 Å². The Morgan fingerprint density at radius 2 is 2.08 bits per heavy atom. The highest BCUT2D eigenvalue weighted by atomic mass is 35.5. The zero-order valence-electron chi connectivity index (χ0n) is 13.9. The number of carbonyl (C=O) groups excluding carboxylic acids is 1. The lowest BCUT2D eigenvalue weighted by molar-refractivity contribution is -0.121. The molecular formula is C17H22ClN5O. The van der Waals surface area contributed by atoms with Gasteiger partial charge < -0.3 is 5.32 Å². The molecule has 0 aliphatic carbocycles. The molecule has 6 nitrogen and oxygen atoms in total. The third-order valence-electron chi connectivity index (χ3n) is 4.63. The van der Waals surface area contributed by atoms with Crippen LogP contribution in [0.15, 0.2) is 30.7 Å². The highest BCUT2D eigenvalue weighted by Gasteiger charge is 2.27. The van der Waals surface area contributed by atoms with Crippen LogP contribution in [0.1, 0.15) is 31.2 Å². The Labute approximate surface area is 146 Å². The van der Waals surface area contributed by atoms with Crippen LogP contribution in [0.25, 0.3) is 0 Å². The van der Waals surface area contributed by atoms with Crippen LogP contribution in [0.2, 0.25) is 5.02 Å². The van der Waals surface area contributed by atoms with Gasteiger partial charge in [0.25, 0.3) is 0 Å². The summed E-state index contributed by atoms with van der Waals surface area (Å²) >= 11 is 5.81. The molecular weight excluding hydrogens is 326 g/mol. The van der Waals surface area contributed by atoms with E-state index in [0.717, 1.165) is 25.9 Å². The van der Waals surface area contributed by atoms with E-state index in [1.54, 1.807) is 12.1 Å². The van der Waals surface area contributed by atoms with Gasteiger partial charge in [0, 0.05) is 19.4 Å². The molecule has 2 aromatic rings. The van der Waals surface area contributed by atoms with Crippen molar-refractivity contribution in [3.05, 3.63) is 41.3 Å². The monoisotopic (exact) mass is 347 g/mol. The number of likely N-dealkylation sites (tertiary alicyclic amines) is 1. The molecule has 0 radical (unpaired) electrons. The number of carbonyl (C=O) groups is 1. The number of hydrogen-bond donors (Lipinski definition) is 1. The molecule has 1 aliphatic rings. The van der Waals surface area contributed by atoms with Gasteiger partial charge >= 0.3 is 0 Å². The Morgan fingerprint density at radius 3 is 2.67 bits per heavy atom. The van der Waals surface area contributed by atoms with Gasteiger partial charge in [-0.1, -0.05) is 11.6 Å². The number of anilines is 1. The molecule has 0 aromatic carbocycles. The number of aromatic nitrogens is 3. The number of amides is 1. The number of piperidine rings is 1. The van der Waals surface area contributed by atoms with E-state index in [1.165, 1.54) is 11.8 Å². The summed E-state index contributed by atoms with van der Waals surface area (Å²) in [5.41, 5.74) is 1.29. The predicted octanol–water partition coefficient (Wildman–Crippen LogP) is 2.68. The third kappa shape index (κ3) is 3.94. The van der Waals surface area contributed by atoms with Gasteiger partial charge in [-0.15, -0.1) is 0 Å². The first kappa shape index (κ1) is 16.9. The Kier molecular flexibility index (Phi) is 5.16. The fourth-order valence-electron chi connectivity index (χ4n) is 3.12. The molecule has 0 spiro atoms. The van der Waals surface area contributed by atoms with Crippen molar-refractivity contribution in [2.45, 2.75) is 31.7 Å². The van der Waals surface area contributed by atoms with E-state index in [2.05, 4.69) is 26.5 Å². The Bertz CT molecular complexity index is 691. The molecule has 24 heavy (non-hydrogen) atoms. The summed E-state index contributed by atoms with van der Waals surface area (Å²) in [6.45, 7) is 3.75. The zero-order valence-corrected chi connectivity index (χ0v) is 14.7. The van der Waals surface area contributed by atoms with Crippen molar-refractivity contribution in [1.82, 2.24) is 19.7 Å². The molecule has 1 N–H and O–H groups in total. The highest BCUT2D eigenvalue weighted by molar-refractivity contribution is 6.30. The average Bonchev–Trinajstić information content (AvgIpc) is 3.03. The topological polar surface area (TPSA) is 63.1 Å². The molecule has 0 saturated carbocycles. The molecule has 1 saturated heterocycles. The molecule has 1 aliphatic heterocycles. The molecule has 1 fully saturated rings. The minimum atomic E-state index is -0.183. The van der Waals surface area contributed by atoms with Crippen LogP contribution in [-0.2, 0) is 11.8 Å². The second kappa shape index (κ2) is 7.32. The van der Waals surface area contributed by atoms with E-state index < -0.39 is 0 Å². The number of hydrogen-bond acceptors (Lipinski definition) is 4. The van der Waals surface area contributed by atoms with E-state index in [-0.39, 0.29) is 11.9 Å². The maximum absolute atomic E-state index is 12.4. The van der Waals surface area contributed by atoms with E-state index in [1.807, 2.05) is 24.9 Å². The van der Waals surface area contributed by atoms with E-state index in [4.69, 9.17) is 11.6 Å². The number of aryl methyl sites for hydroxylation is 1. The molecule has 3 heterocycles. The molecule has 128 valence electrons. The fraction of sp³-hybridized carbons (Fsp3) is 0.471. The van der Waals surface area contributed by atoms with E-state index >= 15 is 0 Å². The fourth-order valence-corrected chi connectivity index (χ4v) is 3.23. The summed E-state index contributed by atoms with van der Waals surface area (Å²) in [5.74, 6) is 1.02. The van der Waals surface area contributed by atoms with E-state index in [0.29, 0.717) is 16.8 Å². The van der Waals surface area contributed by atoms with Gasteiger partial charge in [0.1, 0.15) is 5.82 Å². The second-order valence-corrected chi connectivity index (χ2v) is 6.72. The summed E-state index contributed by atoms with van der Waals surface area (Å²) < 4.78 is 1.84. The second-order valence-electron chi connectivity index (χ2n) is 6.28. The Balaban J connectivity index is 1.53. The number of nitrogens with one attached hydrogen (secondary N) is 1. The lowest BCUT2D eigenvalue weighted by Crippen LogP contribution is -2.45. The summed E-state index contributed by atoms with van der Waals surface area (Å²) in [7, 11) is 1.94. The number of halogens is 1. The largest absolute Gasteiger partial charge is 0.309 e. The van der Waals surface area contributed by atoms with Crippen LogP contribution < -0.4 is 5.32 Å². The third-order valence-corrected chi connectivity index (χ3v) is 4.86. The van der Waals surface area contributed by atoms with E-state index in [9.17, 15) is 4.79 Å². The lowest BCUT2D eigenvalue weighted by atomic mass is 9.91. The van der Waals surface area contributed by atoms with Gasteiger partial charge in [0.2, 0.25) is 5.91 Å². The van der Waals surface area contributed by atoms with Crippen LogP contribution in [-0.4, -0.2) is 44.7 Å². The Morgan fingerprint density at radius 1 is 1.33 bits per heavy atom. The molecule has 1 atom stereocenters. The quantitative estimate of drug-likeness (QED) is 0.923. The average molecular weight is 348 g/mol. The smallest absolute Gasteiger partial charge is 0.242 e. The van der Waals surface area contributed by atoms with Gasteiger partial charge in [-0.2, -0.15) is 5.10 Å². The van der Waals surface area contributed by atoms with Gasteiger partial charge in [0.05, 0.1) is 17.3 Å². The summed E-state index contributed by atoms with van der Waals surface area (Å²) in [6, 6.07) is 3.24. The highest BCUT2D eigenvalue weighted by Crippen LogP contribution is 2.28. The minimum Gasteiger partial charge on any atom is -0.309 e. The van der Waals surface area contributed by atoms with Gasteiger partial charge in [-0.3, -0.25) is 14.4 Å². The van der Waals surface area contributed by atoms with Crippen molar-refractivity contribution >= 4 is 23.3 Å². The normalized spacial score (nSPS) is 17.6.